The fourth-order valence-electron chi connectivity index (χ4n) is 1.62. The van der Waals surface area contributed by atoms with Crippen LogP contribution in [-0.4, -0.2) is 34.5 Å². The molecule has 0 radical (unpaired) electrons. The highest BCUT2D eigenvalue weighted by Gasteiger charge is 2.10. The lowest BCUT2D eigenvalue weighted by molar-refractivity contribution is 0.305. The Morgan fingerprint density at radius 1 is 1.29 bits per heavy atom. The zero-order valence-corrected chi connectivity index (χ0v) is 10.6. The monoisotopic (exact) mass is 241 g/mol. The van der Waals surface area contributed by atoms with E-state index in [2.05, 4.69) is 34.1 Å². The number of nitrogen functional groups attached to an aromatic ring is 1. The number of aromatic nitrogens is 2. The minimum absolute atomic E-state index is 0.0621. The van der Waals surface area contributed by atoms with Gasteiger partial charge >= 0.3 is 0 Å². The second kappa shape index (κ2) is 6.46. The van der Waals surface area contributed by atoms with Gasteiger partial charge in [-0.1, -0.05) is 13.8 Å². The van der Waals surface area contributed by atoms with Gasteiger partial charge in [-0.3, -0.25) is 0 Å². The largest absolute Gasteiger partial charge is 0.306 e. The SMILES string of the molecule is CCN(CC)CCc1nc(C)c(F)c(NN)n1. The number of nitrogens with one attached hydrogen (secondary N) is 1. The molecule has 96 valence electrons. The smallest absolute Gasteiger partial charge is 0.187 e. The third-order valence-corrected chi connectivity index (χ3v) is 2.75. The number of aryl methyl sites for hydroxylation is 1. The van der Waals surface area contributed by atoms with E-state index in [4.69, 9.17) is 5.84 Å². The van der Waals surface area contributed by atoms with Crippen LogP contribution in [0.5, 0.6) is 0 Å². The summed E-state index contributed by atoms with van der Waals surface area (Å²) in [6, 6.07) is 0. The molecule has 0 spiro atoms. The van der Waals surface area contributed by atoms with Gasteiger partial charge in [0.05, 0.1) is 5.69 Å². The Bertz CT molecular complexity index is 365. The average molecular weight is 241 g/mol. The molecule has 0 aliphatic carbocycles. The molecule has 0 fully saturated rings. The summed E-state index contributed by atoms with van der Waals surface area (Å²) < 4.78 is 13.4. The fraction of sp³-hybridized carbons (Fsp3) is 0.636. The summed E-state index contributed by atoms with van der Waals surface area (Å²) in [5.74, 6) is 5.40. The van der Waals surface area contributed by atoms with Gasteiger partial charge in [0.2, 0.25) is 0 Å². The molecule has 0 bridgehead atoms. The van der Waals surface area contributed by atoms with E-state index in [1.807, 2.05) is 0 Å². The highest BCUT2D eigenvalue weighted by Crippen LogP contribution is 2.12. The Balaban J connectivity index is 2.75. The van der Waals surface area contributed by atoms with Crippen molar-refractivity contribution in [2.45, 2.75) is 27.2 Å². The summed E-state index contributed by atoms with van der Waals surface area (Å²) in [6.07, 6.45) is 0.692. The van der Waals surface area contributed by atoms with Crippen LogP contribution in [0.25, 0.3) is 0 Å². The fourth-order valence-corrected chi connectivity index (χ4v) is 1.62. The summed E-state index contributed by atoms with van der Waals surface area (Å²) in [7, 11) is 0. The van der Waals surface area contributed by atoms with Gasteiger partial charge in [-0.15, -0.1) is 0 Å². The predicted molar refractivity (Wildman–Crippen MR) is 66.0 cm³/mol. The van der Waals surface area contributed by atoms with E-state index in [9.17, 15) is 4.39 Å². The molecular formula is C11H20FN5. The lowest BCUT2D eigenvalue weighted by Crippen LogP contribution is -2.26. The van der Waals surface area contributed by atoms with Gasteiger partial charge in [0.25, 0.3) is 0 Å². The molecule has 1 aromatic rings. The number of anilines is 1. The van der Waals surface area contributed by atoms with E-state index in [-0.39, 0.29) is 5.82 Å². The van der Waals surface area contributed by atoms with E-state index in [1.165, 1.54) is 0 Å². The van der Waals surface area contributed by atoms with Crippen LogP contribution in [0.1, 0.15) is 25.4 Å². The lowest BCUT2D eigenvalue weighted by atomic mass is 10.3. The summed E-state index contributed by atoms with van der Waals surface area (Å²) in [4.78, 5) is 10.4. The zero-order chi connectivity index (χ0) is 12.8. The third-order valence-electron chi connectivity index (χ3n) is 2.75. The van der Waals surface area contributed by atoms with Crippen LogP contribution in [0.3, 0.4) is 0 Å². The van der Waals surface area contributed by atoms with Crippen molar-refractivity contribution in [1.29, 1.82) is 0 Å². The molecule has 17 heavy (non-hydrogen) atoms. The molecule has 0 amide bonds. The summed E-state index contributed by atoms with van der Waals surface area (Å²) >= 11 is 0. The van der Waals surface area contributed by atoms with Crippen molar-refractivity contribution in [2.24, 2.45) is 5.84 Å². The highest BCUT2D eigenvalue weighted by atomic mass is 19.1. The number of hydrogen-bond donors (Lipinski definition) is 2. The van der Waals surface area contributed by atoms with E-state index in [1.54, 1.807) is 6.92 Å². The Kier molecular flexibility index (Phi) is 5.24. The number of nitrogens with two attached hydrogens (primary N) is 1. The quantitative estimate of drug-likeness (QED) is 0.576. The molecule has 0 saturated carbocycles. The van der Waals surface area contributed by atoms with Crippen molar-refractivity contribution in [1.82, 2.24) is 14.9 Å². The molecule has 1 rings (SSSR count). The Labute approximate surface area is 101 Å². The van der Waals surface area contributed by atoms with Crippen LogP contribution in [-0.2, 0) is 6.42 Å². The Hall–Kier alpha value is -1.27. The van der Waals surface area contributed by atoms with E-state index in [0.29, 0.717) is 17.9 Å². The molecule has 1 aromatic heterocycles. The maximum absolute atomic E-state index is 13.4. The van der Waals surface area contributed by atoms with Gasteiger partial charge in [-0.2, -0.15) is 0 Å². The summed E-state index contributed by atoms with van der Waals surface area (Å²) in [6.45, 7) is 8.65. The molecule has 1 heterocycles. The summed E-state index contributed by atoms with van der Waals surface area (Å²) in [5.41, 5.74) is 2.57. The number of hydrogen-bond acceptors (Lipinski definition) is 5. The van der Waals surface area contributed by atoms with Gasteiger partial charge in [-0.05, 0) is 20.0 Å². The molecule has 6 heteroatoms. The first-order valence-electron chi connectivity index (χ1n) is 5.84. The first-order valence-corrected chi connectivity index (χ1v) is 5.84. The van der Waals surface area contributed by atoms with Crippen LogP contribution in [0.2, 0.25) is 0 Å². The molecule has 0 aliphatic heterocycles. The van der Waals surface area contributed by atoms with E-state index < -0.39 is 5.82 Å². The second-order valence-electron chi connectivity index (χ2n) is 3.81. The Morgan fingerprint density at radius 3 is 2.47 bits per heavy atom. The molecule has 0 saturated heterocycles. The van der Waals surface area contributed by atoms with Crippen molar-refractivity contribution in [3.63, 3.8) is 0 Å². The Morgan fingerprint density at radius 2 is 1.94 bits per heavy atom. The number of halogens is 1. The van der Waals surface area contributed by atoms with Gasteiger partial charge in [0.15, 0.2) is 11.6 Å². The van der Waals surface area contributed by atoms with Crippen molar-refractivity contribution in [2.75, 3.05) is 25.1 Å². The highest BCUT2D eigenvalue weighted by molar-refractivity contribution is 5.36. The minimum atomic E-state index is -0.487. The van der Waals surface area contributed by atoms with Crippen LogP contribution < -0.4 is 11.3 Å². The van der Waals surface area contributed by atoms with Gasteiger partial charge in [-0.25, -0.2) is 20.2 Å². The van der Waals surface area contributed by atoms with Crippen LogP contribution in [0, 0.1) is 12.7 Å². The first kappa shape index (κ1) is 13.8. The van der Waals surface area contributed by atoms with Crippen molar-refractivity contribution < 1.29 is 4.39 Å². The molecule has 5 nitrogen and oxygen atoms in total. The molecule has 3 N–H and O–H groups in total. The molecule has 0 unspecified atom stereocenters. The van der Waals surface area contributed by atoms with Crippen LogP contribution in [0.4, 0.5) is 10.2 Å². The van der Waals surface area contributed by atoms with Gasteiger partial charge < -0.3 is 10.3 Å². The molecule has 0 aromatic carbocycles. The maximum atomic E-state index is 13.4. The van der Waals surface area contributed by atoms with Crippen molar-refractivity contribution >= 4 is 5.82 Å². The van der Waals surface area contributed by atoms with Crippen LogP contribution >= 0.6 is 0 Å². The van der Waals surface area contributed by atoms with Crippen molar-refractivity contribution in [3.05, 3.63) is 17.3 Å². The summed E-state index contributed by atoms with van der Waals surface area (Å²) in [5, 5.41) is 0. The number of likely N-dealkylation sites (N-methyl/N-ethyl adjacent to an activating group) is 1. The van der Waals surface area contributed by atoms with Gasteiger partial charge in [0.1, 0.15) is 5.82 Å². The van der Waals surface area contributed by atoms with E-state index in [0.717, 1.165) is 19.6 Å². The van der Waals surface area contributed by atoms with Crippen LogP contribution in [0.15, 0.2) is 0 Å². The first-order chi connectivity index (χ1) is 8.12. The average Bonchev–Trinajstić information content (AvgIpc) is 2.34. The third kappa shape index (κ3) is 3.61. The van der Waals surface area contributed by atoms with E-state index >= 15 is 0 Å². The number of nitrogens with zero attached hydrogens (tertiary/aromatic N) is 3. The standard InChI is InChI=1S/C11H20FN5/c1-4-17(5-2)7-6-9-14-8(3)10(12)11(15-9)16-13/h4-7,13H2,1-3H3,(H,14,15,16). The molecule has 0 atom stereocenters. The zero-order valence-electron chi connectivity index (χ0n) is 10.6. The topological polar surface area (TPSA) is 67.1 Å². The van der Waals surface area contributed by atoms with Gasteiger partial charge in [0, 0.05) is 13.0 Å². The van der Waals surface area contributed by atoms with Crippen molar-refractivity contribution in [3.8, 4) is 0 Å². The normalized spacial score (nSPS) is 10.9. The molecular weight excluding hydrogens is 221 g/mol. The number of rotatable bonds is 6. The minimum Gasteiger partial charge on any atom is -0.306 e. The lowest BCUT2D eigenvalue weighted by Gasteiger charge is -2.17. The maximum Gasteiger partial charge on any atom is 0.187 e. The second-order valence-corrected chi connectivity index (χ2v) is 3.81. The number of hydrazine groups is 1. The molecule has 0 aliphatic rings. The predicted octanol–water partition coefficient (Wildman–Crippen LogP) is 1.09.